The zero-order valence-electron chi connectivity index (χ0n) is 13.0. The predicted octanol–water partition coefficient (Wildman–Crippen LogP) is 1.92. The monoisotopic (exact) mass is 290 g/mol. The highest BCUT2D eigenvalue weighted by atomic mass is 16.3. The lowest BCUT2D eigenvalue weighted by molar-refractivity contribution is -0.124. The molecule has 0 saturated carbocycles. The minimum atomic E-state index is -0.192. The number of carbonyl (C=O) groups is 1. The second-order valence-corrected chi connectivity index (χ2v) is 5.97. The Morgan fingerprint density at radius 3 is 2.76 bits per heavy atom. The second-order valence-electron chi connectivity index (χ2n) is 5.97. The number of hydrogen-bond acceptors (Lipinski definition) is 3. The van der Waals surface area contributed by atoms with Crippen molar-refractivity contribution in [2.45, 2.75) is 45.9 Å². The lowest BCUT2D eigenvalue weighted by Gasteiger charge is -2.18. The Hall–Kier alpha value is -1.39. The third kappa shape index (κ3) is 4.55. The van der Waals surface area contributed by atoms with E-state index in [1.54, 1.807) is 0 Å². The van der Waals surface area contributed by atoms with Gasteiger partial charge in [-0.25, -0.2) is 0 Å². The van der Waals surface area contributed by atoms with Gasteiger partial charge in [0.25, 0.3) is 0 Å². The van der Waals surface area contributed by atoms with Crippen LogP contribution in [0.15, 0.2) is 24.3 Å². The fourth-order valence-electron chi connectivity index (χ4n) is 2.62. The van der Waals surface area contributed by atoms with Crippen LogP contribution in [-0.2, 0) is 17.9 Å². The summed E-state index contributed by atoms with van der Waals surface area (Å²) in [6.07, 6.45) is 1.52. The number of likely N-dealkylation sites (tertiary alicyclic amines) is 1. The molecule has 0 spiro atoms. The summed E-state index contributed by atoms with van der Waals surface area (Å²) in [5, 5.41) is 12.6. The van der Waals surface area contributed by atoms with E-state index in [4.69, 9.17) is 0 Å². The number of aliphatic hydroxyl groups excluding tert-OH is 1. The van der Waals surface area contributed by atoms with Gasteiger partial charge in [0, 0.05) is 32.1 Å². The number of nitrogens with zero attached hydrogens (tertiary/aromatic N) is 1. The van der Waals surface area contributed by atoms with Crippen LogP contribution < -0.4 is 5.32 Å². The van der Waals surface area contributed by atoms with Gasteiger partial charge in [-0.2, -0.15) is 0 Å². The normalized spacial score (nSPS) is 20.4. The number of nitrogens with one attached hydrogen (secondary N) is 1. The Bertz CT molecular complexity index is 476. The first kappa shape index (κ1) is 16.0. The first-order chi connectivity index (χ1) is 10.1. The van der Waals surface area contributed by atoms with Crippen molar-refractivity contribution in [3.05, 3.63) is 35.4 Å². The maximum absolute atomic E-state index is 11.9. The number of β-amino-alcohol motifs (C(OH)–C–C–N with tert-alkyl or cyclic N) is 1. The van der Waals surface area contributed by atoms with Crippen LogP contribution in [-0.4, -0.2) is 35.1 Å². The van der Waals surface area contributed by atoms with Crippen molar-refractivity contribution >= 4 is 5.91 Å². The predicted molar refractivity (Wildman–Crippen MR) is 83.6 cm³/mol. The summed E-state index contributed by atoms with van der Waals surface area (Å²) in [7, 11) is 0. The highest BCUT2D eigenvalue weighted by molar-refractivity contribution is 5.78. The number of aliphatic hydroxyl groups is 1. The van der Waals surface area contributed by atoms with E-state index >= 15 is 0 Å². The van der Waals surface area contributed by atoms with Crippen molar-refractivity contribution in [1.29, 1.82) is 0 Å². The molecule has 0 aliphatic carbocycles. The molecule has 0 radical (unpaired) electrons. The first-order valence-corrected chi connectivity index (χ1v) is 7.85. The van der Waals surface area contributed by atoms with Crippen molar-refractivity contribution < 1.29 is 9.90 Å². The smallest absolute Gasteiger partial charge is 0.223 e. The Balaban J connectivity index is 1.95. The van der Waals surface area contributed by atoms with Gasteiger partial charge < -0.3 is 10.4 Å². The van der Waals surface area contributed by atoms with Crippen LogP contribution in [0.25, 0.3) is 0 Å². The first-order valence-electron chi connectivity index (χ1n) is 7.85. The minimum absolute atomic E-state index is 0.0610. The molecule has 1 amide bonds. The molecule has 0 aromatic heterocycles. The van der Waals surface area contributed by atoms with Gasteiger partial charge in [-0.15, -0.1) is 0 Å². The Labute approximate surface area is 127 Å². The number of carbonyl (C=O) groups excluding carboxylic acids is 1. The quantitative estimate of drug-likeness (QED) is 0.841. The topological polar surface area (TPSA) is 52.6 Å². The summed E-state index contributed by atoms with van der Waals surface area (Å²) in [6.45, 7) is 7.08. The van der Waals surface area contributed by atoms with Gasteiger partial charge in [0.1, 0.15) is 0 Å². The molecule has 1 aromatic rings. The van der Waals surface area contributed by atoms with Crippen LogP contribution in [0.5, 0.6) is 0 Å². The molecular weight excluding hydrogens is 264 g/mol. The molecule has 2 atom stereocenters. The van der Waals surface area contributed by atoms with Crippen molar-refractivity contribution in [2.75, 3.05) is 13.1 Å². The van der Waals surface area contributed by atoms with Gasteiger partial charge >= 0.3 is 0 Å². The van der Waals surface area contributed by atoms with E-state index in [0.29, 0.717) is 6.54 Å². The van der Waals surface area contributed by atoms with Crippen molar-refractivity contribution in [2.24, 2.45) is 5.92 Å². The molecule has 4 nitrogen and oxygen atoms in total. The largest absolute Gasteiger partial charge is 0.392 e. The average Bonchev–Trinajstić information content (AvgIpc) is 2.90. The molecular formula is C17H26N2O2. The molecule has 1 aromatic carbocycles. The lowest BCUT2D eigenvalue weighted by atomic mass is 10.1. The average molecular weight is 290 g/mol. The maximum atomic E-state index is 11.9. The summed E-state index contributed by atoms with van der Waals surface area (Å²) in [5.41, 5.74) is 2.39. The maximum Gasteiger partial charge on any atom is 0.223 e. The molecule has 2 N–H and O–H groups in total. The summed E-state index contributed by atoms with van der Waals surface area (Å²) in [4.78, 5) is 14.2. The van der Waals surface area contributed by atoms with E-state index in [-0.39, 0.29) is 17.9 Å². The van der Waals surface area contributed by atoms with E-state index in [9.17, 15) is 9.90 Å². The van der Waals surface area contributed by atoms with Gasteiger partial charge in [-0.05, 0) is 24.0 Å². The molecule has 2 rings (SSSR count). The molecule has 1 saturated heterocycles. The summed E-state index contributed by atoms with van der Waals surface area (Å²) in [5.74, 6) is 0.176. The molecule has 0 unspecified atom stereocenters. The SMILES string of the molecule is CC[C@H](C)C(=O)NCc1ccccc1CN1CC[C@H](O)C1. The highest BCUT2D eigenvalue weighted by Gasteiger charge is 2.20. The van der Waals surface area contributed by atoms with E-state index in [1.807, 2.05) is 26.0 Å². The Kier molecular flexibility index (Phi) is 5.76. The third-order valence-electron chi connectivity index (χ3n) is 4.27. The molecule has 1 heterocycles. The zero-order chi connectivity index (χ0) is 15.2. The van der Waals surface area contributed by atoms with Crippen LogP contribution in [0, 0.1) is 5.92 Å². The molecule has 1 aliphatic heterocycles. The standard InChI is InChI=1S/C17H26N2O2/c1-3-13(2)17(21)18-10-14-6-4-5-7-15(14)11-19-9-8-16(20)12-19/h4-7,13,16,20H,3,8-12H2,1-2H3,(H,18,21)/t13-,16-/m0/s1. The third-order valence-corrected chi connectivity index (χ3v) is 4.27. The lowest BCUT2D eigenvalue weighted by Crippen LogP contribution is -2.29. The number of hydrogen-bond donors (Lipinski definition) is 2. The number of benzene rings is 1. The van der Waals surface area contributed by atoms with Gasteiger partial charge in [-0.1, -0.05) is 38.1 Å². The second kappa shape index (κ2) is 7.57. The van der Waals surface area contributed by atoms with Crippen LogP contribution >= 0.6 is 0 Å². The molecule has 1 aliphatic rings. The zero-order valence-corrected chi connectivity index (χ0v) is 13.0. The fraction of sp³-hybridized carbons (Fsp3) is 0.588. The molecule has 21 heavy (non-hydrogen) atoms. The van der Waals surface area contributed by atoms with Gasteiger partial charge in [0.15, 0.2) is 0 Å². The summed E-state index contributed by atoms with van der Waals surface area (Å²) < 4.78 is 0. The summed E-state index contributed by atoms with van der Waals surface area (Å²) >= 11 is 0. The fourth-order valence-corrected chi connectivity index (χ4v) is 2.62. The van der Waals surface area contributed by atoms with E-state index in [0.717, 1.165) is 38.0 Å². The molecule has 4 heteroatoms. The van der Waals surface area contributed by atoms with Crippen LogP contribution in [0.3, 0.4) is 0 Å². The summed E-state index contributed by atoms with van der Waals surface area (Å²) in [6, 6.07) is 8.21. The van der Waals surface area contributed by atoms with Crippen LogP contribution in [0.2, 0.25) is 0 Å². The van der Waals surface area contributed by atoms with Gasteiger partial charge in [0.2, 0.25) is 5.91 Å². The molecule has 0 bridgehead atoms. The van der Waals surface area contributed by atoms with Crippen molar-refractivity contribution in [3.8, 4) is 0 Å². The number of rotatable bonds is 6. The van der Waals surface area contributed by atoms with Gasteiger partial charge in [-0.3, -0.25) is 9.69 Å². The Morgan fingerprint density at radius 2 is 2.14 bits per heavy atom. The number of amides is 1. The van der Waals surface area contributed by atoms with Crippen molar-refractivity contribution in [1.82, 2.24) is 10.2 Å². The van der Waals surface area contributed by atoms with Crippen molar-refractivity contribution in [3.63, 3.8) is 0 Å². The molecule has 1 fully saturated rings. The van der Waals surface area contributed by atoms with Crippen LogP contribution in [0.1, 0.15) is 37.8 Å². The highest BCUT2D eigenvalue weighted by Crippen LogP contribution is 2.16. The molecule has 116 valence electrons. The van der Waals surface area contributed by atoms with Gasteiger partial charge in [0.05, 0.1) is 6.10 Å². The Morgan fingerprint density at radius 1 is 1.43 bits per heavy atom. The van der Waals surface area contributed by atoms with E-state index < -0.39 is 0 Å². The van der Waals surface area contributed by atoms with E-state index in [1.165, 1.54) is 5.56 Å². The van der Waals surface area contributed by atoms with E-state index in [2.05, 4.69) is 22.3 Å². The van der Waals surface area contributed by atoms with Crippen LogP contribution in [0.4, 0.5) is 0 Å². The minimum Gasteiger partial charge on any atom is -0.392 e.